The van der Waals surface area contributed by atoms with Crippen molar-refractivity contribution in [3.63, 3.8) is 0 Å². The molecule has 1 aliphatic heterocycles. The molecule has 6 rings (SSSR count). The molecule has 1 saturated carbocycles. The van der Waals surface area contributed by atoms with Crippen molar-refractivity contribution in [3.05, 3.63) is 47.5 Å². The minimum atomic E-state index is -2.85. The van der Waals surface area contributed by atoms with E-state index in [1.807, 2.05) is 0 Å². The molecule has 0 bridgehead atoms. The molecule has 4 aromatic rings. The van der Waals surface area contributed by atoms with Crippen LogP contribution in [0.3, 0.4) is 0 Å². The van der Waals surface area contributed by atoms with E-state index in [1.54, 1.807) is 0 Å². The van der Waals surface area contributed by atoms with Crippen LogP contribution in [0.5, 0.6) is 0 Å². The zero-order valence-electron chi connectivity index (χ0n) is 15.6. The number of hydrogen-bond acceptors (Lipinski definition) is 4. The maximum Gasteiger partial charge on any atom is 0.275 e. The van der Waals surface area contributed by atoms with Gasteiger partial charge < -0.3 is 0 Å². The van der Waals surface area contributed by atoms with Crippen molar-refractivity contribution in [1.82, 2.24) is 29.9 Å². The molecule has 4 aromatic heterocycles. The molecule has 0 spiro atoms. The van der Waals surface area contributed by atoms with Gasteiger partial charge in [-0.3, -0.25) is 14.8 Å². The first-order valence-corrected chi connectivity index (χ1v) is 9.48. The van der Waals surface area contributed by atoms with Gasteiger partial charge in [0.1, 0.15) is 17.6 Å². The van der Waals surface area contributed by atoms with Crippen molar-refractivity contribution in [3.8, 4) is 22.5 Å². The van der Waals surface area contributed by atoms with E-state index in [2.05, 4.69) is 25.3 Å². The number of alkyl halides is 2. The quantitative estimate of drug-likeness (QED) is 0.499. The molecule has 2 aliphatic rings. The Kier molecular flexibility index (Phi) is 3.30. The minimum Gasteiger partial charge on any atom is -0.261 e. The van der Waals surface area contributed by atoms with Crippen LogP contribution in [-0.4, -0.2) is 35.9 Å². The lowest BCUT2D eigenvalue weighted by atomic mass is 9.95. The molecule has 0 unspecified atom stereocenters. The van der Waals surface area contributed by atoms with Gasteiger partial charge >= 0.3 is 0 Å². The van der Waals surface area contributed by atoms with E-state index >= 15 is 4.39 Å². The van der Waals surface area contributed by atoms with Gasteiger partial charge in [0, 0.05) is 22.2 Å². The largest absolute Gasteiger partial charge is 0.275 e. The van der Waals surface area contributed by atoms with Crippen molar-refractivity contribution < 1.29 is 17.6 Å². The summed E-state index contributed by atoms with van der Waals surface area (Å²) in [7, 11) is 0. The number of aryl methyl sites for hydroxylation is 1. The lowest BCUT2D eigenvalue weighted by molar-refractivity contribution is 0.0850. The van der Waals surface area contributed by atoms with E-state index in [0.29, 0.717) is 28.7 Å². The Labute approximate surface area is 167 Å². The highest BCUT2D eigenvalue weighted by Crippen LogP contribution is 2.64. The number of pyridine rings is 2. The summed E-state index contributed by atoms with van der Waals surface area (Å²) in [5.74, 6) is -4.74. The molecule has 0 amide bonds. The first kappa shape index (κ1) is 17.5. The second-order valence-corrected chi connectivity index (χ2v) is 7.76. The molecule has 152 valence electrons. The number of halogens is 4. The number of hydrogen-bond donors (Lipinski definition) is 1. The van der Waals surface area contributed by atoms with Crippen molar-refractivity contribution in [2.24, 2.45) is 5.92 Å². The number of rotatable bonds is 2. The van der Waals surface area contributed by atoms with Crippen molar-refractivity contribution in [2.75, 3.05) is 0 Å². The fraction of sp³-hybridized carbons (Fsp3) is 0.300. The van der Waals surface area contributed by atoms with Crippen LogP contribution in [0.1, 0.15) is 23.9 Å². The Morgan fingerprint density at radius 3 is 2.77 bits per heavy atom. The van der Waals surface area contributed by atoms with Crippen LogP contribution in [0, 0.1) is 24.5 Å². The van der Waals surface area contributed by atoms with Gasteiger partial charge in [-0.05, 0) is 31.9 Å². The highest BCUT2D eigenvalue weighted by molar-refractivity contribution is 5.98. The summed E-state index contributed by atoms with van der Waals surface area (Å²) in [6.07, 6.45) is 3.07. The first-order valence-electron chi connectivity index (χ1n) is 9.48. The van der Waals surface area contributed by atoms with Crippen LogP contribution in [-0.2, 0) is 6.42 Å². The highest BCUT2D eigenvalue weighted by Gasteiger charge is 2.71. The Balaban J connectivity index is 1.70. The number of aromatic amines is 1. The zero-order valence-corrected chi connectivity index (χ0v) is 15.6. The van der Waals surface area contributed by atoms with Crippen LogP contribution in [0.25, 0.3) is 33.5 Å². The molecule has 2 atom stereocenters. The first-order chi connectivity index (χ1) is 14.4. The van der Waals surface area contributed by atoms with Crippen molar-refractivity contribution >= 4 is 11.0 Å². The van der Waals surface area contributed by atoms with E-state index in [0.717, 1.165) is 6.20 Å². The molecule has 30 heavy (non-hydrogen) atoms. The molecular formula is C20H14F4N6. The van der Waals surface area contributed by atoms with Gasteiger partial charge in [-0.15, -0.1) is 0 Å². The number of fused-ring (bicyclic) bond motifs is 4. The SMILES string of the molecule is Cc1nc2[nH]ncc2c(-c2c(-c3ccc(F)cn3)nn3c2CC[C@H]2[C@@H]3C2(F)F)c1F. The van der Waals surface area contributed by atoms with Crippen LogP contribution in [0.4, 0.5) is 17.6 Å². The third-order valence-electron chi connectivity index (χ3n) is 6.05. The molecule has 1 aliphatic carbocycles. The topological polar surface area (TPSA) is 72.3 Å². The van der Waals surface area contributed by atoms with E-state index in [1.165, 1.54) is 29.9 Å². The number of nitrogens with one attached hydrogen (secondary N) is 1. The zero-order chi connectivity index (χ0) is 20.8. The maximum atomic E-state index is 15.4. The minimum absolute atomic E-state index is 0.144. The normalized spacial score (nSPS) is 21.5. The summed E-state index contributed by atoms with van der Waals surface area (Å²) in [6, 6.07) is 1.56. The van der Waals surface area contributed by atoms with E-state index in [-0.39, 0.29) is 29.1 Å². The molecule has 6 nitrogen and oxygen atoms in total. The monoisotopic (exact) mass is 414 g/mol. The Morgan fingerprint density at radius 1 is 1.17 bits per heavy atom. The lowest BCUT2D eigenvalue weighted by Gasteiger charge is -2.14. The maximum absolute atomic E-state index is 15.4. The third kappa shape index (κ3) is 2.18. The van der Waals surface area contributed by atoms with Gasteiger partial charge in [0.25, 0.3) is 5.92 Å². The second-order valence-electron chi connectivity index (χ2n) is 7.76. The van der Waals surface area contributed by atoms with Crippen LogP contribution >= 0.6 is 0 Å². The summed E-state index contributed by atoms with van der Waals surface area (Å²) in [5.41, 5.74) is 2.12. The van der Waals surface area contributed by atoms with Gasteiger partial charge in [-0.1, -0.05) is 0 Å². The number of aromatic nitrogens is 6. The van der Waals surface area contributed by atoms with Crippen LogP contribution in [0.15, 0.2) is 24.5 Å². The predicted molar refractivity (Wildman–Crippen MR) is 98.8 cm³/mol. The van der Waals surface area contributed by atoms with Gasteiger partial charge in [-0.25, -0.2) is 22.5 Å². The Hall–Kier alpha value is -3.30. The van der Waals surface area contributed by atoms with E-state index < -0.39 is 29.5 Å². The predicted octanol–water partition coefficient (Wildman–Crippen LogP) is 4.22. The molecule has 1 fully saturated rings. The molecule has 5 heterocycles. The number of nitrogens with zero attached hydrogens (tertiary/aromatic N) is 5. The lowest BCUT2D eigenvalue weighted by Crippen LogP contribution is -2.11. The summed E-state index contributed by atoms with van der Waals surface area (Å²) < 4.78 is 58.7. The third-order valence-corrected chi connectivity index (χ3v) is 6.05. The summed E-state index contributed by atoms with van der Waals surface area (Å²) in [6.45, 7) is 1.52. The molecule has 0 radical (unpaired) electrons. The molecule has 1 N–H and O–H groups in total. The molecular weight excluding hydrogens is 400 g/mol. The molecule has 10 heteroatoms. The average molecular weight is 414 g/mol. The summed E-state index contributed by atoms with van der Waals surface area (Å²) in [5, 5.41) is 11.5. The van der Waals surface area contributed by atoms with Gasteiger partial charge in [0.05, 0.1) is 29.7 Å². The Morgan fingerprint density at radius 2 is 2.00 bits per heavy atom. The summed E-state index contributed by atoms with van der Waals surface area (Å²) >= 11 is 0. The van der Waals surface area contributed by atoms with Gasteiger partial charge in [0.15, 0.2) is 11.5 Å². The number of H-pyrrole nitrogens is 1. The average Bonchev–Trinajstić information content (AvgIpc) is 3.07. The van der Waals surface area contributed by atoms with Crippen molar-refractivity contribution in [2.45, 2.75) is 31.7 Å². The van der Waals surface area contributed by atoms with E-state index in [4.69, 9.17) is 0 Å². The molecule has 0 aromatic carbocycles. The standard InChI is InChI=1S/C20H14F4N6/c1-8-16(22)14(10-7-26-28-19(10)27-8)15-13-5-3-11-18(20(11,23)24)30(13)29-17(15)12-4-2-9(21)6-25-12/h2,4,6-7,11,18H,3,5H2,1H3,(H,26,27,28)/t11-,18+/m0/s1. The molecule has 0 saturated heterocycles. The highest BCUT2D eigenvalue weighted by atomic mass is 19.3. The van der Waals surface area contributed by atoms with E-state index in [9.17, 15) is 13.2 Å². The van der Waals surface area contributed by atoms with Crippen molar-refractivity contribution in [1.29, 1.82) is 0 Å². The fourth-order valence-corrected chi connectivity index (χ4v) is 4.55. The van der Waals surface area contributed by atoms with Crippen LogP contribution in [0.2, 0.25) is 0 Å². The summed E-state index contributed by atoms with van der Waals surface area (Å²) in [4.78, 5) is 8.25. The smallest absolute Gasteiger partial charge is 0.261 e. The van der Waals surface area contributed by atoms with Gasteiger partial charge in [-0.2, -0.15) is 10.2 Å². The fourth-order valence-electron chi connectivity index (χ4n) is 4.55. The Bertz CT molecular complexity index is 1320. The second kappa shape index (κ2) is 5.65. The van der Waals surface area contributed by atoms with Gasteiger partial charge in [0.2, 0.25) is 0 Å². The van der Waals surface area contributed by atoms with Crippen LogP contribution < -0.4 is 0 Å².